The maximum atomic E-state index is 13.3. The molecule has 2 aliphatic rings. The summed E-state index contributed by atoms with van der Waals surface area (Å²) >= 11 is 0. The first-order valence-corrected chi connectivity index (χ1v) is 11.5. The molecule has 0 unspecified atom stereocenters. The third-order valence-electron chi connectivity index (χ3n) is 6.14. The highest BCUT2D eigenvalue weighted by Crippen LogP contribution is 2.33. The van der Waals surface area contributed by atoms with Gasteiger partial charge in [0, 0.05) is 50.4 Å². The van der Waals surface area contributed by atoms with Crippen LogP contribution in [0.15, 0.2) is 18.2 Å². The number of carbonyl (C=O) groups is 2. The number of carbonyl (C=O) groups excluding carboxylic acids is 2. The quantitative estimate of drug-likeness (QED) is 0.668. The summed E-state index contributed by atoms with van der Waals surface area (Å²) in [7, 11) is 4.06. The lowest BCUT2D eigenvalue weighted by Gasteiger charge is -2.37. The second kappa shape index (κ2) is 9.40. The van der Waals surface area contributed by atoms with Crippen molar-refractivity contribution in [1.82, 2.24) is 4.90 Å². The van der Waals surface area contributed by atoms with Crippen LogP contribution in [0.5, 0.6) is 0 Å². The van der Waals surface area contributed by atoms with E-state index in [1.54, 1.807) is 0 Å². The Morgan fingerprint density at radius 3 is 2.27 bits per heavy atom. The van der Waals surface area contributed by atoms with Crippen LogP contribution in [-0.4, -0.2) is 36.9 Å². The van der Waals surface area contributed by atoms with Crippen molar-refractivity contribution < 1.29 is 9.59 Å². The van der Waals surface area contributed by atoms with E-state index in [0.29, 0.717) is 19.0 Å². The van der Waals surface area contributed by atoms with Crippen molar-refractivity contribution in [3.8, 4) is 0 Å². The van der Waals surface area contributed by atoms with E-state index in [-0.39, 0.29) is 23.1 Å². The minimum Gasteiger partial charge on any atom is -0.377 e. The van der Waals surface area contributed by atoms with Gasteiger partial charge in [0.05, 0.1) is 0 Å². The average molecular weight is 414 g/mol. The smallest absolute Gasteiger partial charge is 0.227 e. The molecule has 30 heavy (non-hydrogen) atoms. The zero-order valence-corrected chi connectivity index (χ0v) is 19.5. The van der Waals surface area contributed by atoms with Crippen molar-refractivity contribution in [2.75, 3.05) is 24.3 Å². The molecule has 0 atom stereocenters. The van der Waals surface area contributed by atoms with Gasteiger partial charge in [-0.1, -0.05) is 40.0 Å². The van der Waals surface area contributed by atoms with Gasteiger partial charge >= 0.3 is 0 Å². The molecule has 0 aliphatic heterocycles. The summed E-state index contributed by atoms with van der Waals surface area (Å²) in [5.74, 6) is 0.534. The van der Waals surface area contributed by atoms with Gasteiger partial charge in [0.2, 0.25) is 11.8 Å². The van der Waals surface area contributed by atoms with Crippen molar-refractivity contribution in [2.24, 2.45) is 11.3 Å². The van der Waals surface area contributed by atoms with Crippen molar-refractivity contribution >= 4 is 23.2 Å². The van der Waals surface area contributed by atoms with Crippen molar-refractivity contribution in [3.63, 3.8) is 0 Å². The normalized spacial score (nSPS) is 17.5. The lowest BCUT2D eigenvalue weighted by molar-refractivity contribution is -0.136. The molecule has 3 rings (SSSR count). The molecule has 1 aromatic carbocycles. The molecule has 2 amide bonds. The predicted molar refractivity (Wildman–Crippen MR) is 124 cm³/mol. The van der Waals surface area contributed by atoms with E-state index in [4.69, 9.17) is 0 Å². The number of rotatable bonds is 7. The van der Waals surface area contributed by atoms with Crippen LogP contribution < -0.4 is 10.2 Å². The molecule has 0 saturated heterocycles. The van der Waals surface area contributed by atoms with Crippen LogP contribution in [0.25, 0.3) is 0 Å². The highest BCUT2D eigenvalue weighted by molar-refractivity contribution is 5.94. The molecular weight excluding hydrogens is 374 g/mol. The second-order valence-electron chi connectivity index (χ2n) is 10.6. The predicted octanol–water partition coefficient (Wildman–Crippen LogP) is 5.20. The first-order chi connectivity index (χ1) is 14.1. The summed E-state index contributed by atoms with van der Waals surface area (Å²) in [6.45, 7) is 6.98. The summed E-state index contributed by atoms with van der Waals surface area (Å²) < 4.78 is 0. The van der Waals surface area contributed by atoms with E-state index < -0.39 is 0 Å². The van der Waals surface area contributed by atoms with Crippen LogP contribution in [0.1, 0.15) is 77.7 Å². The molecule has 5 nitrogen and oxygen atoms in total. The van der Waals surface area contributed by atoms with E-state index in [1.165, 1.54) is 19.3 Å². The van der Waals surface area contributed by atoms with Crippen molar-refractivity contribution in [2.45, 2.75) is 84.7 Å². The number of hydrogen-bond donors (Lipinski definition) is 1. The second-order valence-corrected chi connectivity index (χ2v) is 10.6. The molecule has 0 heterocycles. The fraction of sp³-hybridized carbons (Fsp3) is 0.680. The highest BCUT2D eigenvalue weighted by Gasteiger charge is 2.31. The van der Waals surface area contributed by atoms with E-state index in [9.17, 15) is 9.59 Å². The standard InChI is InChI=1S/C25H39N3O2/c1-25(2,3)16-23(29)28(21-9-7-6-8-10-21)17-19-15-20(13-14-22(19)27(4)5)26-24(30)18-11-12-18/h13-15,18,21H,6-12,16-17H2,1-5H3,(H,26,30). The van der Waals surface area contributed by atoms with Gasteiger partial charge in [0.25, 0.3) is 0 Å². The molecule has 0 radical (unpaired) electrons. The largest absolute Gasteiger partial charge is 0.377 e. The van der Waals surface area contributed by atoms with Gasteiger partial charge in [-0.3, -0.25) is 9.59 Å². The van der Waals surface area contributed by atoms with E-state index in [0.717, 1.165) is 42.6 Å². The Kier molecular flexibility index (Phi) is 7.10. The van der Waals surface area contributed by atoms with Crippen LogP contribution >= 0.6 is 0 Å². The van der Waals surface area contributed by atoms with Gasteiger partial charge in [0.1, 0.15) is 0 Å². The summed E-state index contributed by atoms with van der Waals surface area (Å²) in [5, 5.41) is 3.07. The zero-order chi connectivity index (χ0) is 21.9. The molecule has 1 N–H and O–H groups in total. The number of amides is 2. The minimum absolute atomic E-state index is 0.0333. The third-order valence-corrected chi connectivity index (χ3v) is 6.14. The number of nitrogens with zero attached hydrogens (tertiary/aromatic N) is 2. The summed E-state index contributed by atoms with van der Waals surface area (Å²) in [6.07, 6.45) is 8.37. The lowest BCUT2D eigenvalue weighted by atomic mass is 9.89. The van der Waals surface area contributed by atoms with E-state index in [1.807, 2.05) is 20.2 Å². The molecule has 2 saturated carbocycles. The van der Waals surface area contributed by atoms with E-state index in [2.05, 4.69) is 48.0 Å². The topological polar surface area (TPSA) is 52.7 Å². The fourth-order valence-electron chi connectivity index (χ4n) is 4.37. The van der Waals surface area contributed by atoms with Crippen molar-refractivity contribution in [3.05, 3.63) is 23.8 Å². The van der Waals surface area contributed by atoms with Crippen LogP contribution in [0, 0.1) is 11.3 Å². The van der Waals surface area contributed by atoms with Gasteiger partial charge in [-0.25, -0.2) is 0 Å². The summed E-state index contributed by atoms with van der Waals surface area (Å²) in [5.41, 5.74) is 3.00. The zero-order valence-electron chi connectivity index (χ0n) is 19.5. The first kappa shape index (κ1) is 22.6. The Labute approximate surface area is 182 Å². The summed E-state index contributed by atoms with van der Waals surface area (Å²) in [6, 6.07) is 6.41. The average Bonchev–Trinajstić information content (AvgIpc) is 3.50. The molecule has 0 aromatic heterocycles. The van der Waals surface area contributed by atoms with Gasteiger partial charge in [0.15, 0.2) is 0 Å². The van der Waals surface area contributed by atoms with Gasteiger partial charge in [-0.05, 0) is 54.9 Å². The summed E-state index contributed by atoms with van der Waals surface area (Å²) in [4.78, 5) is 29.8. The highest BCUT2D eigenvalue weighted by atomic mass is 16.2. The van der Waals surface area contributed by atoms with Crippen LogP contribution in [0.2, 0.25) is 0 Å². The van der Waals surface area contributed by atoms with Crippen LogP contribution in [0.4, 0.5) is 11.4 Å². The molecule has 0 bridgehead atoms. The third kappa shape index (κ3) is 6.23. The Morgan fingerprint density at radius 2 is 1.70 bits per heavy atom. The molecule has 0 spiro atoms. The Hall–Kier alpha value is -2.04. The molecule has 2 fully saturated rings. The Balaban J connectivity index is 1.86. The molecule has 1 aromatic rings. The van der Waals surface area contributed by atoms with Gasteiger partial charge < -0.3 is 15.1 Å². The fourth-order valence-corrected chi connectivity index (χ4v) is 4.37. The molecule has 5 heteroatoms. The molecule has 2 aliphatic carbocycles. The van der Waals surface area contributed by atoms with Crippen LogP contribution in [-0.2, 0) is 16.1 Å². The molecular formula is C25H39N3O2. The Bertz CT molecular complexity index is 756. The lowest BCUT2D eigenvalue weighted by Crippen LogP contribution is -2.42. The Morgan fingerprint density at radius 1 is 1.03 bits per heavy atom. The number of anilines is 2. The van der Waals surface area contributed by atoms with Gasteiger partial charge in [-0.2, -0.15) is 0 Å². The number of benzene rings is 1. The maximum Gasteiger partial charge on any atom is 0.227 e. The maximum absolute atomic E-state index is 13.3. The molecule has 166 valence electrons. The van der Waals surface area contributed by atoms with Crippen molar-refractivity contribution in [1.29, 1.82) is 0 Å². The minimum atomic E-state index is -0.0333. The van der Waals surface area contributed by atoms with Crippen LogP contribution in [0.3, 0.4) is 0 Å². The number of hydrogen-bond acceptors (Lipinski definition) is 3. The first-order valence-electron chi connectivity index (χ1n) is 11.5. The van der Waals surface area contributed by atoms with E-state index >= 15 is 0 Å². The number of nitrogens with one attached hydrogen (secondary N) is 1. The monoisotopic (exact) mass is 413 g/mol. The van der Waals surface area contributed by atoms with Gasteiger partial charge in [-0.15, -0.1) is 0 Å². The SMILES string of the molecule is CN(C)c1ccc(NC(=O)C2CC2)cc1CN(C(=O)CC(C)(C)C)C1CCCCC1.